The van der Waals surface area contributed by atoms with E-state index in [2.05, 4.69) is 0 Å². The Morgan fingerprint density at radius 2 is 0.618 bits per heavy atom. The summed E-state index contributed by atoms with van der Waals surface area (Å²) >= 11 is 0. The van der Waals surface area contributed by atoms with Crippen LogP contribution in [0.5, 0.6) is 0 Å². The first-order chi connectivity index (χ1) is 16.8. The molecular formula is C22H44O12. The van der Waals surface area contributed by atoms with E-state index in [9.17, 15) is 4.79 Å². The number of carbonyl (C=O) groups excluding carboxylic acids is 1. The molecule has 0 radical (unpaired) electrons. The summed E-state index contributed by atoms with van der Waals surface area (Å²) in [6.07, 6.45) is 0. The van der Waals surface area contributed by atoms with Crippen molar-refractivity contribution in [2.45, 2.75) is 6.92 Å². The average molecular weight is 501 g/mol. The summed E-state index contributed by atoms with van der Waals surface area (Å²) in [5.41, 5.74) is 0. The molecule has 0 saturated carbocycles. The van der Waals surface area contributed by atoms with Gasteiger partial charge in [-0.25, -0.2) is 0 Å². The lowest BCUT2D eigenvalue weighted by Gasteiger charge is -2.09. The third kappa shape index (κ3) is 31.1. The van der Waals surface area contributed by atoms with Crippen molar-refractivity contribution >= 4 is 5.97 Å². The highest BCUT2D eigenvalue weighted by molar-refractivity contribution is 5.65. The first-order valence-corrected chi connectivity index (χ1v) is 11.7. The smallest absolute Gasteiger partial charge is 0.302 e. The third-order valence-corrected chi connectivity index (χ3v) is 3.74. The van der Waals surface area contributed by atoms with Crippen molar-refractivity contribution in [3.8, 4) is 0 Å². The summed E-state index contributed by atoms with van der Waals surface area (Å²) in [6.45, 7) is 10.2. The molecule has 204 valence electrons. The minimum atomic E-state index is -0.311. The summed E-state index contributed by atoms with van der Waals surface area (Å²) in [7, 11) is 0. The molecule has 0 atom stereocenters. The molecule has 0 aliphatic rings. The molecule has 0 aliphatic carbocycles. The molecule has 0 unspecified atom stereocenters. The SMILES string of the molecule is CC(=O)OCCOCCOCCOCCOCCOCCOCCOCCOCCOCCO. The molecule has 1 N–H and O–H groups in total. The van der Waals surface area contributed by atoms with Crippen LogP contribution in [0.15, 0.2) is 0 Å². The van der Waals surface area contributed by atoms with E-state index in [4.69, 9.17) is 52.5 Å². The van der Waals surface area contributed by atoms with Crippen LogP contribution in [0.3, 0.4) is 0 Å². The van der Waals surface area contributed by atoms with Gasteiger partial charge in [0.15, 0.2) is 0 Å². The second kappa shape index (κ2) is 30.1. The first kappa shape index (κ1) is 33.1. The summed E-state index contributed by atoms with van der Waals surface area (Å²) in [4.78, 5) is 10.5. The standard InChI is InChI=1S/C22H44O12/c1-22(24)34-21-20-33-19-18-32-17-16-31-15-14-30-13-12-29-11-10-28-9-8-27-7-6-26-5-4-25-3-2-23/h23H,2-21H2,1H3. The van der Waals surface area contributed by atoms with E-state index in [0.717, 1.165) is 0 Å². The maximum absolute atomic E-state index is 10.5. The summed E-state index contributed by atoms with van der Waals surface area (Å²) in [5, 5.41) is 8.54. The topological polar surface area (TPSA) is 130 Å². The fraction of sp³-hybridized carbons (Fsp3) is 0.955. The Kier molecular flexibility index (Phi) is 29.3. The van der Waals surface area contributed by atoms with Crippen LogP contribution in [-0.4, -0.2) is 143 Å². The van der Waals surface area contributed by atoms with Crippen molar-refractivity contribution in [1.82, 2.24) is 0 Å². The van der Waals surface area contributed by atoms with E-state index in [1.807, 2.05) is 0 Å². The minimum Gasteiger partial charge on any atom is -0.463 e. The van der Waals surface area contributed by atoms with Gasteiger partial charge in [-0.2, -0.15) is 0 Å². The van der Waals surface area contributed by atoms with Crippen LogP contribution < -0.4 is 0 Å². The third-order valence-electron chi connectivity index (χ3n) is 3.74. The van der Waals surface area contributed by atoms with E-state index >= 15 is 0 Å². The summed E-state index contributed by atoms with van der Waals surface area (Å²) in [6, 6.07) is 0. The van der Waals surface area contributed by atoms with Crippen LogP contribution in [0, 0.1) is 0 Å². The van der Waals surface area contributed by atoms with Crippen molar-refractivity contribution in [2.24, 2.45) is 0 Å². The molecule has 0 amide bonds. The minimum absolute atomic E-state index is 0.0246. The summed E-state index contributed by atoms with van der Waals surface area (Å²) in [5.74, 6) is -0.311. The van der Waals surface area contributed by atoms with Crippen LogP contribution >= 0.6 is 0 Å². The highest BCUT2D eigenvalue weighted by atomic mass is 16.6. The van der Waals surface area contributed by atoms with Crippen LogP contribution in [0.2, 0.25) is 0 Å². The molecule has 0 aromatic rings. The molecule has 0 fully saturated rings. The number of rotatable bonds is 29. The molecule has 0 aromatic carbocycles. The van der Waals surface area contributed by atoms with E-state index in [1.54, 1.807) is 0 Å². The van der Waals surface area contributed by atoms with Crippen molar-refractivity contribution in [3.63, 3.8) is 0 Å². The van der Waals surface area contributed by atoms with Gasteiger partial charge in [0.1, 0.15) is 6.61 Å². The molecule has 0 rings (SSSR count). The number of carbonyl (C=O) groups is 1. The molecule has 0 heterocycles. The normalized spacial score (nSPS) is 11.2. The zero-order valence-corrected chi connectivity index (χ0v) is 20.6. The Labute approximate surface area is 202 Å². The van der Waals surface area contributed by atoms with Gasteiger partial charge in [-0.05, 0) is 0 Å². The second-order valence-corrected chi connectivity index (χ2v) is 6.58. The highest BCUT2D eigenvalue weighted by Gasteiger charge is 1.96. The molecule has 0 aromatic heterocycles. The molecule has 0 aliphatic heterocycles. The zero-order valence-electron chi connectivity index (χ0n) is 20.6. The van der Waals surface area contributed by atoms with Gasteiger partial charge >= 0.3 is 5.97 Å². The average Bonchev–Trinajstić information content (AvgIpc) is 2.83. The molecule has 12 nitrogen and oxygen atoms in total. The Morgan fingerprint density at radius 3 is 0.824 bits per heavy atom. The van der Waals surface area contributed by atoms with Gasteiger partial charge in [-0.3, -0.25) is 4.79 Å². The van der Waals surface area contributed by atoms with Gasteiger partial charge in [0.2, 0.25) is 0 Å². The lowest BCUT2D eigenvalue weighted by molar-refractivity contribution is -0.142. The van der Waals surface area contributed by atoms with E-state index in [-0.39, 0.29) is 19.2 Å². The maximum Gasteiger partial charge on any atom is 0.302 e. The predicted molar refractivity (Wildman–Crippen MR) is 121 cm³/mol. The van der Waals surface area contributed by atoms with Gasteiger partial charge in [0, 0.05) is 6.92 Å². The number of hydrogen-bond donors (Lipinski definition) is 1. The van der Waals surface area contributed by atoms with Crippen LogP contribution in [-0.2, 0) is 52.2 Å². The predicted octanol–water partition coefficient (Wildman–Crippen LogP) is -0.309. The Balaban J connectivity index is 3.01. The quantitative estimate of drug-likeness (QED) is 0.107. The van der Waals surface area contributed by atoms with Crippen LogP contribution in [0.4, 0.5) is 0 Å². The number of aliphatic hydroxyl groups excluding tert-OH is 1. The van der Waals surface area contributed by atoms with Gasteiger partial charge in [0.05, 0.1) is 126 Å². The monoisotopic (exact) mass is 500 g/mol. The summed E-state index contributed by atoms with van der Waals surface area (Å²) < 4.78 is 52.7. The highest BCUT2D eigenvalue weighted by Crippen LogP contribution is 1.86. The fourth-order valence-electron chi connectivity index (χ4n) is 2.17. The Morgan fingerprint density at radius 1 is 0.412 bits per heavy atom. The zero-order chi connectivity index (χ0) is 24.8. The maximum atomic E-state index is 10.5. The number of hydrogen-bond acceptors (Lipinski definition) is 12. The molecule has 0 saturated heterocycles. The number of aliphatic hydroxyl groups is 1. The largest absolute Gasteiger partial charge is 0.463 e. The van der Waals surface area contributed by atoms with E-state index < -0.39 is 0 Å². The van der Waals surface area contributed by atoms with Crippen molar-refractivity contribution in [2.75, 3.05) is 132 Å². The van der Waals surface area contributed by atoms with Crippen LogP contribution in [0.1, 0.15) is 6.92 Å². The number of esters is 1. The lowest BCUT2D eigenvalue weighted by Crippen LogP contribution is -2.15. The van der Waals surface area contributed by atoms with E-state index in [1.165, 1.54) is 6.92 Å². The van der Waals surface area contributed by atoms with Gasteiger partial charge in [-0.15, -0.1) is 0 Å². The molecular weight excluding hydrogens is 456 g/mol. The van der Waals surface area contributed by atoms with Crippen molar-refractivity contribution in [1.29, 1.82) is 0 Å². The second-order valence-electron chi connectivity index (χ2n) is 6.58. The van der Waals surface area contributed by atoms with Gasteiger partial charge in [-0.1, -0.05) is 0 Å². The van der Waals surface area contributed by atoms with Crippen molar-refractivity contribution < 1.29 is 57.3 Å². The number of ether oxygens (including phenoxy) is 10. The first-order valence-electron chi connectivity index (χ1n) is 11.7. The van der Waals surface area contributed by atoms with Gasteiger partial charge in [0.25, 0.3) is 0 Å². The molecule has 0 spiro atoms. The molecule has 34 heavy (non-hydrogen) atoms. The van der Waals surface area contributed by atoms with Crippen LogP contribution in [0.25, 0.3) is 0 Å². The Hall–Kier alpha value is -0.930. The fourth-order valence-corrected chi connectivity index (χ4v) is 2.17. The molecule has 12 heteroatoms. The van der Waals surface area contributed by atoms with E-state index in [0.29, 0.717) is 119 Å². The lowest BCUT2D eigenvalue weighted by atomic mass is 10.6. The Bertz CT molecular complexity index is 400. The molecule has 0 bridgehead atoms. The van der Waals surface area contributed by atoms with Gasteiger partial charge < -0.3 is 52.5 Å². The van der Waals surface area contributed by atoms with Crippen molar-refractivity contribution in [3.05, 3.63) is 0 Å².